The minimum Gasteiger partial charge on any atom is -0.368 e. The molecule has 3 rings (SSSR count). The maximum atomic E-state index is 5.74. The Hall–Kier alpha value is -1.65. The second-order valence-corrected chi connectivity index (χ2v) is 5.03. The van der Waals surface area contributed by atoms with Crippen molar-refractivity contribution in [2.75, 3.05) is 19.7 Å². The third kappa shape index (κ3) is 2.55. The van der Waals surface area contributed by atoms with Crippen LogP contribution in [-0.2, 0) is 4.74 Å². The molecule has 1 aliphatic rings. The van der Waals surface area contributed by atoms with E-state index in [9.17, 15) is 0 Å². The van der Waals surface area contributed by atoms with Crippen molar-refractivity contribution in [1.29, 1.82) is 0 Å². The molecule has 100 valence electrons. The number of nitrogens with one attached hydrogen (secondary N) is 2. The zero-order chi connectivity index (χ0) is 13.2. The van der Waals surface area contributed by atoms with Crippen LogP contribution in [0.15, 0.2) is 24.3 Å². The van der Waals surface area contributed by atoms with Crippen molar-refractivity contribution in [1.82, 2.24) is 15.3 Å². The summed E-state index contributed by atoms with van der Waals surface area (Å²) in [6.45, 7) is 6.64. The fourth-order valence-electron chi connectivity index (χ4n) is 2.45. The lowest BCUT2D eigenvalue weighted by Crippen LogP contribution is -2.33. The highest BCUT2D eigenvalue weighted by atomic mass is 16.5. The van der Waals surface area contributed by atoms with Gasteiger partial charge in [-0.05, 0) is 19.9 Å². The summed E-state index contributed by atoms with van der Waals surface area (Å²) in [5, 5.41) is 3.33. The number of imidazole rings is 1. The van der Waals surface area contributed by atoms with Crippen molar-refractivity contribution in [3.63, 3.8) is 0 Å². The van der Waals surface area contributed by atoms with Gasteiger partial charge >= 0.3 is 0 Å². The van der Waals surface area contributed by atoms with E-state index in [1.807, 2.05) is 0 Å². The molecule has 0 saturated carbocycles. The number of hydrogen-bond acceptors (Lipinski definition) is 3. The SMILES string of the molecule is Cc1cccc(-c2nc(C3CNCCO3)[nH]c2C)c1. The summed E-state index contributed by atoms with van der Waals surface area (Å²) in [5.41, 5.74) is 4.52. The monoisotopic (exact) mass is 257 g/mol. The third-order valence-electron chi connectivity index (χ3n) is 3.43. The maximum absolute atomic E-state index is 5.74. The van der Waals surface area contributed by atoms with Crippen molar-refractivity contribution in [3.8, 4) is 11.3 Å². The summed E-state index contributed by atoms with van der Waals surface area (Å²) < 4.78 is 5.74. The van der Waals surface area contributed by atoms with Crippen LogP contribution < -0.4 is 5.32 Å². The molecule has 4 nitrogen and oxygen atoms in total. The van der Waals surface area contributed by atoms with Gasteiger partial charge in [-0.3, -0.25) is 0 Å². The number of rotatable bonds is 2. The molecule has 4 heteroatoms. The Balaban J connectivity index is 1.92. The number of aromatic nitrogens is 2. The Bertz CT molecular complexity index is 571. The summed E-state index contributed by atoms with van der Waals surface area (Å²) in [4.78, 5) is 8.08. The maximum Gasteiger partial charge on any atom is 0.137 e. The second kappa shape index (κ2) is 5.15. The lowest BCUT2D eigenvalue weighted by molar-refractivity contribution is 0.0226. The van der Waals surface area contributed by atoms with Crippen LogP contribution in [-0.4, -0.2) is 29.7 Å². The van der Waals surface area contributed by atoms with E-state index >= 15 is 0 Å². The fraction of sp³-hybridized carbons (Fsp3) is 0.400. The summed E-state index contributed by atoms with van der Waals surface area (Å²) in [6, 6.07) is 8.42. The van der Waals surface area contributed by atoms with Crippen molar-refractivity contribution < 1.29 is 4.74 Å². The third-order valence-corrected chi connectivity index (χ3v) is 3.43. The number of nitrogens with zero attached hydrogens (tertiary/aromatic N) is 1. The van der Waals surface area contributed by atoms with E-state index in [1.165, 1.54) is 5.56 Å². The predicted octanol–water partition coefficient (Wildman–Crippen LogP) is 2.35. The summed E-state index contributed by atoms with van der Waals surface area (Å²) in [7, 11) is 0. The number of H-pyrrole nitrogens is 1. The van der Waals surface area contributed by atoms with Crippen molar-refractivity contribution in [3.05, 3.63) is 41.3 Å². The first-order valence-corrected chi connectivity index (χ1v) is 6.70. The normalized spacial score (nSPS) is 19.6. The average molecular weight is 257 g/mol. The number of hydrogen-bond donors (Lipinski definition) is 2. The van der Waals surface area contributed by atoms with Crippen LogP contribution >= 0.6 is 0 Å². The van der Waals surface area contributed by atoms with Crippen LogP contribution in [0.1, 0.15) is 23.2 Å². The zero-order valence-corrected chi connectivity index (χ0v) is 11.4. The molecule has 1 aromatic heterocycles. The van der Waals surface area contributed by atoms with Crippen molar-refractivity contribution in [2.45, 2.75) is 20.0 Å². The topological polar surface area (TPSA) is 49.9 Å². The van der Waals surface area contributed by atoms with Crippen molar-refractivity contribution >= 4 is 0 Å². The van der Waals surface area contributed by atoms with Crippen LogP contribution in [0.25, 0.3) is 11.3 Å². The molecule has 1 saturated heterocycles. The van der Waals surface area contributed by atoms with Gasteiger partial charge in [-0.15, -0.1) is 0 Å². The Morgan fingerprint density at radius 2 is 2.21 bits per heavy atom. The van der Waals surface area contributed by atoms with Gasteiger partial charge in [0.1, 0.15) is 11.9 Å². The van der Waals surface area contributed by atoms with Gasteiger partial charge in [0.15, 0.2) is 0 Å². The molecular formula is C15H19N3O. The number of aryl methyl sites for hydroxylation is 2. The Labute approximate surface area is 113 Å². The largest absolute Gasteiger partial charge is 0.368 e. The first kappa shape index (κ1) is 12.4. The molecule has 0 spiro atoms. The summed E-state index contributed by atoms with van der Waals surface area (Å²) in [5.74, 6) is 0.918. The van der Waals surface area contributed by atoms with Crippen LogP contribution in [0.2, 0.25) is 0 Å². The molecule has 1 aliphatic heterocycles. The molecule has 1 unspecified atom stereocenters. The van der Waals surface area contributed by atoms with Gasteiger partial charge in [-0.1, -0.05) is 23.8 Å². The quantitative estimate of drug-likeness (QED) is 0.868. The lowest BCUT2D eigenvalue weighted by Gasteiger charge is -2.21. The molecule has 2 heterocycles. The first-order valence-electron chi connectivity index (χ1n) is 6.70. The average Bonchev–Trinajstić information content (AvgIpc) is 2.82. The molecule has 19 heavy (non-hydrogen) atoms. The Morgan fingerprint density at radius 1 is 1.32 bits per heavy atom. The molecule has 0 amide bonds. The smallest absolute Gasteiger partial charge is 0.137 e. The predicted molar refractivity (Wildman–Crippen MR) is 75.1 cm³/mol. The van der Waals surface area contributed by atoms with Gasteiger partial charge in [0, 0.05) is 24.3 Å². The zero-order valence-electron chi connectivity index (χ0n) is 11.4. The van der Waals surface area contributed by atoms with E-state index < -0.39 is 0 Å². The minimum atomic E-state index is 0.0333. The number of benzene rings is 1. The first-order chi connectivity index (χ1) is 9.24. The Kier molecular flexibility index (Phi) is 3.36. The van der Waals surface area contributed by atoms with Crippen LogP contribution in [0.3, 0.4) is 0 Å². The molecule has 1 fully saturated rings. The Morgan fingerprint density at radius 3 is 2.95 bits per heavy atom. The fourth-order valence-corrected chi connectivity index (χ4v) is 2.45. The van der Waals surface area contributed by atoms with E-state index in [-0.39, 0.29) is 6.10 Å². The van der Waals surface area contributed by atoms with E-state index in [0.717, 1.165) is 42.5 Å². The molecule has 2 N–H and O–H groups in total. The number of morpholine rings is 1. The lowest BCUT2D eigenvalue weighted by atomic mass is 10.1. The summed E-state index contributed by atoms with van der Waals surface area (Å²) >= 11 is 0. The van der Waals surface area contributed by atoms with Gasteiger partial charge in [-0.25, -0.2) is 4.98 Å². The van der Waals surface area contributed by atoms with E-state index in [0.29, 0.717) is 0 Å². The molecule has 0 radical (unpaired) electrons. The summed E-state index contributed by atoms with van der Waals surface area (Å²) in [6.07, 6.45) is 0.0333. The van der Waals surface area contributed by atoms with E-state index in [2.05, 4.69) is 48.4 Å². The highest BCUT2D eigenvalue weighted by Crippen LogP contribution is 2.25. The minimum absolute atomic E-state index is 0.0333. The molecule has 0 bridgehead atoms. The highest BCUT2D eigenvalue weighted by Gasteiger charge is 2.20. The number of ether oxygens (including phenoxy) is 1. The molecule has 0 aliphatic carbocycles. The highest BCUT2D eigenvalue weighted by molar-refractivity contribution is 5.62. The molecule has 1 aromatic carbocycles. The standard InChI is InChI=1S/C15H19N3O/c1-10-4-3-5-12(8-10)14-11(2)17-15(18-14)13-9-16-6-7-19-13/h3-5,8,13,16H,6-7,9H2,1-2H3,(H,17,18). The van der Waals surface area contributed by atoms with Crippen LogP contribution in [0, 0.1) is 13.8 Å². The van der Waals surface area contributed by atoms with Gasteiger partial charge < -0.3 is 15.0 Å². The number of aromatic amines is 1. The molecular weight excluding hydrogens is 238 g/mol. The molecule has 2 aromatic rings. The van der Waals surface area contributed by atoms with Gasteiger partial charge in [0.2, 0.25) is 0 Å². The van der Waals surface area contributed by atoms with Gasteiger partial charge in [0.25, 0.3) is 0 Å². The van der Waals surface area contributed by atoms with E-state index in [4.69, 9.17) is 9.72 Å². The van der Waals surface area contributed by atoms with Crippen molar-refractivity contribution in [2.24, 2.45) is 0 Å². The van der Waals surface area contributed by atoms with Gasteiger partial charge in [0.05, 0.1) is 12.3 Å². The van der Waals surface area contributed by atoms with Crippen LogP contribution in [0.4, 0.5) is 0 Å². The van der Waals surface area contributed by atoms with E-state index in [1.54, 1.807) is 0 Å². The molecule has 1 atom stereocenters. The van der Waals surface area contributed by atoms with Gasteiger partial charge in [-0.2, -0.15) is 0 Å². The second-order valence-electron chi connectivity index (χ2n) is 5.03. The van der Waals surface area contributed by atoms with Crippen LogP contribution in [0.5, 0.6) is 0 Å².